The Morgan fingerprint density at radius 2 is 1.89 bits per heavy atom. The minimum absolute atomic E-state index is 0.227. The number of hydrogen-bond acceptors (Lipinski definition) is 3. The van der Waals surface area contributed by atoms with Gasteiger partial charge in [0.15, 0.2) is 0 Å². The number of hydrogen-bond donors (Lipinski definition) is 2. The summed E-state index contributed by atoms with van der Waals surface area (Å²) >= 11 is 0. The van der Waals surface area contributed by atoms with Crippen LogP contribution in [-0.4, -0.2) is 30.7 Å². The van der Waals surface area contributed by atoms with Gasteiger partial charge in [-0.05, 0) is 48.7 Å². The first-order chi connectivity index (χ1) is 13.6. The lowest BCUT2D eigenvalue weighted by Crippen LogP contribution is -2.23. The fourth-order valence-electron chi connectivity index (χ4n) is 3.06. The van der Waals surface area contributed by atoms with Gasteiger partial charge in [0.25, 0.3) is 5.91 Å². The molecule has 2 N–H and O–H groups in total. The van der Waals surface area contributed by atoms with E-state index in [9.17, 15) is 9.18 Å². The number of aromatic nitrogens is 1. The Morgan fingerprint density at radius 3 is 2.71 bits per heavy atom. The summed E-state index contributed by atoms with van der Waals surface area (Å²) in [5.74, 6) is -0.548. The van der Waals surface area contributed by atoms with Gasteiger partial charge in [-0.1, -0.05) is 24.3 Å². The highest BCUT2D eigenvalue weighted by Gasteiger charge is 2.11. The van der Waals surface area contributed by atoms with Crippen LogP contribution in [0.5, 0.6) is 0 Å². The van der Waals surface area contributed by atoms with E-state index in [1.165, 1.54) is 12.1 Å². The van der Waals surface area contributed by atoms with Crippen molar-refractivity contribution in [1.29, 1.82) is 0 Å². The lowest BCUT2D eigenvalue weighted by Gasteiger charge is -2.08. The van der Waals surface area contributed by atoms with Gasteiger partial charge in [-0.25, -0.2) is 4.39 Å². The van der Waals surface area contributed by atoms with Crippen molar-refractivity contribution in [2.75, 3.05) is 19.8 Å². The molecule has 5 nitrogen and oxygen atoms in total. The molecule has 0 unspecified atom stereocenters. The van der Waals surface area contributed by atoms with Crippen molar-refractivity contribution < 1.29 is 18.7 Å². The zero-order valence-electron chi connectivity index (χ0n) is 16.2. The number of H-pyrrole nitrogens is 1. The summed E-state index contributed by atoms with van der Waals surface area (Å²) in [6.45, 7) is 6.49. The number of fused-ring (bicyclic) bond motifs is 1. The average molecular weight is 384 g/mol. The molecule has 1 aromatic heterocycles. The molecule has 0 spiro atoms. The summed E-state index contributed by atoms with van der Waals surface area (Å²) in [5, 5.41) is 3.74. The van der Waals surface area contributed by atoms with Crippen molar-refractivity contribution >= 4 is 16.8 Å². The van der Waals surface area contributed by atoms with Crippen LogP contribution in [0.4, 0.5) is 4.39 Å². The summed E-state index contributed by atoms with van der Waals surface area (Å²) in [7, 11) is 0. The Kier molecular flexibility index (Phi) is 6.79. The maximum atomic E-state index is 13.5. The molecule has 0 aliphatic heterocycles. The third-order valence-electron chi connectivity index (χ3n) is 4.44. The Balaban J connectivity index is 1.57. The zero-order valence-corrected chi connectivity index (χ0v) is 16.2. The van der Waals surface area contributed by atoms with Gasteiger partial charge >= 0.3 is 0 Å². The van der Waals surface area contributed by atoms with E-state index in [0.29, 0.717) is 44.2 Å². The van der Waals surface area contributed by atoms with Crippen LogP contribution in [0.25, 0.3) is 10.9 Å². The Hall–Kier alpha value is -2.70. The van der Waals surface area contributed by atoms with E-state index in [-0.39, 0.29) is 11.7 Å². The minimum Gasteiger partial charge on any atom is -0.379 e. The number of aryl methyl sites for hydroxylation is 1. The number of amides is 1. The molecule has 0 bridgehead atoms. The molecule has 0 radical (unpaired) electrons. The van der Waals surface area contributed by atoms with Gasteiger partial charge in [-0.15, -0.1) is 0 Å². The highest BCUT2D eigenvalue weighted by molar-refractivity contribution is 5.98. The molecule has 0 saturated heterocycles. The molecule has 3 aromatic rings. The number of carbonyl (C=O) groups is 1. The van der Waals surface area contributed by atoms with Gasteiger partial charge in [0, 0.05) is 24.1 Å². The lowest BCUT2D eigenvalue weighted by atomic mass is 10.1. The first-order valence-electron chi connectivity index (χ1n) is 9.37. The third kappa shape index (κ3) is 5.18. The number of nitrogens with one attached hydrogen (secondary N) is 2. The molecule has 1 heterocycles. The normalized spacial score (nSPS) is 11.1. The van der Waals surface area contributed by atoms with Crippen LogP contribution in [0.3, 0.4) is 0 Å². The maximum absolute atomic E-state index is 13.5. The second-order valence-corrected chi connectivity index (χ2v) is 6.62. The van der Waals surface area contributed by atoms with E-state index >= 15 is 0 Å². The Morgan fingerprint density at radius 1 is 1.11 bits per heavy atom. The summed E-state index contributed by atoms with van der Waals surface area (Å²) < 4.78 is 24.3. The second-order valence-electron chi connectivity index (χ2n) is 6.62. The van der Waals surface area contributed by atoms with E-state index < -0.39 is 0 Å². The number of halogens is 1. The molecule has 1 amide bonds. The van der Waals surface area contributed by atoms with Gasteiger partial charge in [0.1, 0.15) is 11.5 Å². The van der Waals surface area contributed by atoms with Gasteiger partial charge in [-0.2, -0.15) is 0 Å². The predicted octanol–water partition coefficient (Wildman–Crippen LogP) is 4.10. The van der Waals surface area contributed by atoms with Crippen LogP contribution in [0.2, 0.25) is 0 Å². The summed E-state index contributed by atoms with van der Waals surface area (Å²) in [4.78, 5) is 15.5. The SMILES string of the molecule is CCOCCOCc1cccc(CNC(=O)c2cc3c(C)cc(F)cc3[nH]2)c1. The molecule has 28 heavy (non-hydrogen) atoms. The highest BCUT2D eigenvalue weighted by Crippen LogP contribution is 2.21. The molecule has 2 aromatic carbocycles. The first kappa shape index (κ1) is 20.0. The molecule has 0 aliphatic carbocycles. The van der Waals surface area contributed by atoms with E-state index in [1.54, 1.807) is 6.07 Å². The van der Waals surface area contributed by atoms with Crippen LogP contribution in [0.15, 0.2) is 42.5 Å². The van der Waals surface area contributed by atoms with Crippen molar-refractivity contribution in [1.82, 2.24) is 10.3 Å². The lowest BCUT2D eigenvalue weighted by molar-refractivity contribution is 0.0453. The average Bonchev–Trinajstić information content (AvgIpc) is 3.11. The van der Waals surface area contributed by atoms with E-state index in [2.05, 4.69) is 10.3 Å². The van der Waals surface area contributed by atoms with Gasteiger partial charge in [0.05, 0.1) is 19.8 Å². The van der Waals surface area contributed by atoms with E-state index in [4.69, 9.17) is 9.47 Å². The van der Waals surface area contributed by atoms with Crippen molar-refractivity contribution in [3.63, 3.8) is 0 Å². The number of rotatable bonds is 9. The number of aromatic amines is 1. The molecule has 148 valence electrons. The number of ether oxygens (including phenoxy) is 2. The molecule has 0 saturated carbocycles. The van der Waals surface area contributed by atoms with E-state index in [0.717, 1.165) is 22.1 Å². The summed E-state index contributed by atoms with van der Waals surface area (Å²) in [5.41, 5.74) is 3.85. The number of benzene rings is 2. The topological polar surface area (TPSA) is 63.4 Å². The highest BCUT2D eigenvalue weighted by atomic mass is 19.1. The van der Waals surface area contributed by atoms with Crippen LogP contribution < -0.4 is 5.32 Å². The van der Waals surface area contributed by atoms with Gasteiger partial charge in [-0.3, -0.25) is 4.79 Å². The molecule has 0 fully saturated rings. The molecule has 0 atom stereocenters. The van der Waals surface area contributed by atoms with Crippen molar-refractivity contribution in [2.24, 2.45) is 0 Å². The molecular formula is C22H25FN2O3. The van der Waals surface area contributed by atoms with Gasteiger partial charge in [0.2, 0.25) is 0 Å². The van der Waals surface area contributed by atoms with Crippen molar-refractivity contribution in [2.45, 2.75) is 27.0 Å². The Labute approximate surface area is 163 Å². The maximum Gasteiger partial charge on any atom is 0.267 e. The zero-order chi connectivity index (χ0) is 19.9. The Bertz CT molecular complexity index is 952. The molecular weight excluding hydrogens is 359 g/mol. The predicted molar refractivity (Wildman–Crippen MR) is 107 cm³/mol. The van der Waals surface area contributed by atoms with Gasteiger partial charge < -0.3 is 19.8 Å². The van der Waals surface area contributed by atoms with Crippen LogP contribution in [0, 0.1) is 12.7 Å². The second kappa shape index (κ2) is 9.48. The fourth-order valence-corrected chi connectivity index (χ4v) is 3.06. The van der Waals surface area contributed by atoms with Crippen LogP contribution >= 0.6 is 0 Å². The minimum atomic E-state index is -0.320. The van der Waals surface area contributed by atoms with Crippen LogP contribution in [0.1, 0.15) is 34.1 Å². The number of carbonyl (C=O) groups excluding carboxylic acids is 1. The smallest absolute Gasteiger partial charge is 0.267 e. The van der Waals surface area contributed by atoms with Crippen molar-refractivity contribution in [3.8, 4) is 0 Å². The fraction of sp³-hybridized carbons (Fsp3) is 0.318. The summed E-state index contributed by atoms with van der Waals surface area (Å²) in [6.07, 6.45) is 0. The standard InChI is InChI=1S/C22H25FN2O3/c1-3-27-7-8-28-14-17-6-4-5-16(10-17)13-24-22(26)21-12-19-15(2)9-18(23)11-20(19)25-21/h4-6,9-12,25H,3,7-8,13-14H2,1-2H3,(H,24,26). The molecule has 3 rings (SSSR count). The largest absolute Gasteiger partial charge is 0.379 e. The molecule has 6 heteroatoms. The van der Waals surface area contributed by atoms with Crippen LogP contribution in [-0.2, 0) is 22.6 Å². The molecule has 0 aliphatic rings. The van der Waals surface area contributed by atoms with Crippen molar-refractivity contribution in [3.05, 3.63) is 70.7 Å². The monoisotopic (exact) mass is 384 g/mol. The quantitative estimate of drug-likeness (QED) is 0.546. The third-order valence-corrected chi connectivity index (χ3v) is 4.44. The summed E-state index contributed by atoms with van der Waals surface area (Å²) in [6, 6.07) is 12.5. The first-order valence-corrected chi connectivity index (χ1v) is 9.37. The van der Waals surface area contributed by atoms with E-state index in [1.807, 2.05) is 38.1 Å².